The molecule has 114 valence electrons. The van der Waals surface area contributed by atoms with E-state index >= 15 is 0 Å². The average Bonchev–Trinajstić information content (AvgIpc) is 2.96. The Kier molecular flexibility index (Phi) is 4.62. The number of benzene rings is 1. The number of rotatable bonds is 4. The number of anilines is 1. The normalized spacial score (nSPS) is 11.9. The van der Waals surface area contributed by atoms with E-state index in [1.54, 1.807) is 0 Å². The van der Waals surface area contributed by atoms with Gasteiger partial charge in [0.25, 0.3) is 0 Å². The van der Waals surface area contributed by atoms with Crippen molar-refractivity contribution in [3.05, 3.63) is 34.7 Å². The molecule has 0 aliphatic heterocycles. The summed E-state index contributed by atoms with van der Waals surface area (Å²) in [5.74, 6) is -0.363. The predicted molar refractivity (Wildman–Crippen MR) is 72.2 cm³/mol. The molecule has 0 unspecified atom stereocenters. The van der Waals surface area contributed by atoms with Crippen molar-refractivity contribution in [1.82, 2.24) is 20.6 Å². The molecule has 0 amide bonds. The minimum Gasteiger partial charge on any atom is -0.405 e. The molecule has 1 heterocycles. The molecule has 2 aromatic rings. The molecule has 0 aliphatic carbocycles. The van der Waals surface area contributed by atoms with Crippen molar-refractivity contribution in [2.24, 2.45) is 0 Å². The molecular weight excluding hydrogens is 369 g/mol. The summed E-state index contributed by atoms with van der Waals surface area (Å²) in [4.78, 5) is 0. The van der Waals surface area contributed by atoms with Gasteiger partial charge in [-0.3, -0.25) is 0 Å². The molecule has 7 nitrogen and oxygen atoms in total. The Bertz CT molecular complexity index is 722. The Morgan fingerprint density at radius 3 is 2.82 bits per heavy atom. The van der Waals surface area contributed by atoms with Crippen LogP contribution >= 0.6 is 15.9 Å². The molecule has 0 atom stereocenters. The molecule has 2 N–H and O–H groups in total. The zero-order valence-electron chi connectivity index (χ0n) is 10.5. The van der Waals surface area contributed by atoms with E-state index in [1.807, 2.05) is 6.07 Å². The Balaban J connectivity index is 2.24. The summed E-state index contributed by atoms with van der Waals surface area (Å²) in [6.07, 6.45) is -3.57. The van der Waals surface area contributed by atoms with Crippen LogP contribution in [0.25, 0.3) is 5.57 Å². The zero-order valence-corrected chi connectivity index (χ0v) is 12.1. The van der Waals surface area contributed by atoms with Crippen LogP contribution in [0.4, 0.5) is 18.9 Å². The van der Waals surface area contributed by atoms with Crippen LogP contribution in [0.1, 0.15) is 5.82 Å². The van der Waals surface area contributed by atoms with Crippen LogP contribution in [0.2, 0.25) is 0 Å². The van der Waals surface area contributed by atoms with Gasteiger partial charge in [-0.05, 0) is 33.3 Å². The number of halogens is 4. The number of H-pyrrole nitrogens is 1. The lowest BCUT2D eigenvalue weighted by molar-refractivity contribution is -0.274. The monoisotopic (exact) mass is 374 g/mol. The first-order chi connectivity index (χ1) is 10.4. The lowest BCUT2D eigenvalue weighted by Crippen LogP contribution is -2.17. The zero-order chi connectivity index (χ0) is 16.2. The Labute approximate surface area is 129 Å². The fraction of sp³-hybridized carbons (Fsp3) is 0.0909. The largest absolute Gasteiger partial charge is 0.573 e. The van der Waals surface area contributed by atoms with Crippen LogP contribution < -0.4 is 10.1 Å². The molecule has 1 aromatic heterocycles. The summed E-state index contributed by atoms with van der Waals surface area (Å²) in [6, 6.07) is 5.84. The summed E-state index contributed by atoms with van der Waals surface area (Å²) in [5, 5.41) is 24.4. The first-order valence-corrected chi connectivity index (χ1v) is 6.35. The maximum atomic E-state index is 12.3. The molecule has 0 bridgehead atoms. The molecule has 0 saturated heterocycles. The molecule has 22 heavy (non-hydrogen) atoms. The van der Waals surface area contributed by atoms with E-state index in [1.165, 1.54) is 18.3 Å². The van der Waals surface area contributed by atoms with Crippen LogP contribution in [-0.2, 0) is 0 Å². The number of allylic oxidation sites excluding steroid dienone is 1. The van der Waals surface area contributed by atoms with E-state index in [0.717, 1.165) is 6.07 Å². The van der Waals surface area contributed by atoms with Gasteiger partial charge in [-0.15, -0.1) is 23.4 Å². The molecule has 0 spiro atoms. The van der Waals surface area contributed by atoms with Crippen LogP contribution in [0, 0.1) is 11.3 Å². The molecule has 0 aliphatic rings. The van der Waals surface area contributed by atoms with E-state index in [4.69, 9.17) is 5.26 Å². The summed E-state index contributed by atoms with van der Waals surface area (Å²) in [6.45, 7) is 0. The van der Waals surface area contributed by atoms with E-state index in [9.17, 15) is 13.2 Å². The van der Waals surface area contributed by atoms with Crippen LogP contribution in [-0.4, -0.2) is 27.0 Å². The Hall–Kier alpha value is -2.61. The first-order valence-electron chi connectivity index (χ1n) is 5.55. The van der Waals surface area contributed by atoms with Gasteiger partial charge in [0.2, 0.25) is 5.82 Å². The van der Waals surface area contributed by atoms with Crippen molar-refractivity contribution in [3.63, 3.8) is 0 Å². The highest BCUT2D eigenvalue weighted by molar-refractivity contribution is 9.10. The number of nitrogens with zero attached hydrogens (tertiary/aromatic N) is 4. The van der Waals surface area contributed by atoms with E-state index < -0.39 is 12.1 Å². The standard InChI is InChI=1S/C11H6BrF3N6O/c12-9-7(2-1-3-8(9)22-11(13,14)15)17-5-6(4-16)10-18-20-21-19-10/h1-3,5,17H,(H,18,19,20,21). The van der Waals surface area contributed by atoms with Crippen molar-refractivity contribution in [3.8, 4) is 11.8 Å². The van der Waals surface area contributed by atoms with Gasteiger partial charge in [0.15, 0.2) is 0 Å². The number of tetrazole rings is 1. The topological polar surface area (TPSA) is 99.5 Å². The van der Waals surface area contributed by atoms with Gasteiger partial charge >= 0.3 is 6.36 Å². The number of nitriles is 1. The van der Waals surface area contributed by atoms with Crippen LogP contribution in [0.3, 0.4) is 0 Å². The fourth-order valence-electron chi connectivity index (χ4n) is 1.40. The number of ether oxygens (including phenoxy) is 1. The second-order valence-corrected chi connectivity index (χ2v) is 4.51. The van der Waals surface area contributed by atoms with E-state index in [0.29, 0.717) is 0 Å². The van der Waals surface area contributed by atoms with Gasteiger partial charge in [-0.2, -0.15) is 10.5 Å². The highest BCUT2D eigenvalue weighted by atomic mass is 79.9. The number of nitrogens with one attached hydrogen (secondary N) is 2. The molecular formula is C11H6BrF3N6O. The van der Waals surface area contributed by atoms with E-state index in [2.05, 4.69) is 46.6 Å². The lowest BCUT2D eigenvalue weighted by Gasteiger charge is -2.13. The molecule has 1 aromatic carbocycles. The maximum absolute atomic E-state index is 12.3. The second-order valence-electron chi connectivity index (χ2n) is 3.72. The quantitative estimate of drug-likeness (QED) is 0.798. The van der Waals surface area contributed by atoms with Crippen LogP contribution in [0.5, 0.6) is 5.75 Å². The molecule has 0 fully saturated rings. The third-order valence-electron chi connectivity index (χ3n) is 2.27. The first kappa shape index (κ1) is 15.8. The number of aromatic amines is 1. The lowest BCUT2D eigenvalue weighted by atomic mass is 10.2. The van der Waals surface area contributed by atoms with Crippen molar-refractivity contribution in [2.75, 3.05) is 5.32 Å². The highest BCUT2D eigenvalue weighted by Gasteiger charge is 2.32. The molecule has 2 rings (SSSR count). The van der Waals surface area contributed by atoms with Gasteiger partial charge in [0.1, 0.15) is 17.4 Å². The van der Waals surface area contributed by atoms with Gasteiger partial charge < -0.3 is 10.1 Å². The smallest absolute Gasteiger partial charge is 0.405 e. The van der Waals surface area contributed by atoms with E-state index in [-0.39, 0.29) is 21.6 Å². The molecule has 11 heteroatoms. The predicted octanol–water partition coefficient (Wildman–Crippen LogP) is 2.84. The second kappa shape index (κ2) is 6.44. The third kappa shape index (κ3) is 3.95. The van der Waals surface area contributed by atoms with Gasteiger partial charge in [0, 0.05) is 6.20 Å². The Morgan fingerprint density at radius 1 is 1.45 bits per heavy atom. The number of aromatic nitrogens is 4. The van der Waals surface area contributed by atoms with Crippen LogP contribution in [0.15, 0.2) is 28.9 Å². The van der Waals surface area contributed by atoms with Gasteiger partial charge in [-0.25, -0.2) is 0 Å². The molecule has 0 saturated carbocycles. The maximum Gasteiger partial charge on any atom is 0.573 e. The minimum atomic E-state index is -4.81. The fourth-order valence-corrected chi connectivity index (χ4v) is 1.86. The van der Waals surface area contributed by atoms with Crippen molar-refractivity contribution in [1.29, 1.82) is 5.26 Å². The van der Waals surface area contributed by atoms with Gasteiger partial charge in [0.05, 0.1) is 10.2 Å². The summed E-state index contributed by atoms with van der Waals surface area (Å²) < 4.78 is 40.7. The number of hydrogen-bond donors (Lipinski definition) is 2. The summed E-state index contributed by atoms with van der Waals surface area (Å²) in [5.41, 5.74) is 0.306. The average molecular weight is 375 g/mol. The number of hydrogen-bond acceptors (Lipinski definition) is 6. The SMILES string of the molecule is N#CC(=CNc1cccc(OC(F)(F)F)c1Br)c1nn[nH]n1. The summed E-state index contributed by atoms with van der Waals surface area (Å²) >= 11 is 3.01. The molecule has 0 radical (unpaired) electrons. The van der Waals surface area contributed by atoms with Crippen molar-refractivity contribution in [2.45, 2.75) is 6.36 Å². The number of alkyl halides is 3. The minimum absolute atomic E-state index is 0.0443. The third-order valence-corrected chi connectivity index (χ3v) is 3.09. The highest BCUT2D eigenvalue weighted by Crippen LogP contribution is 2.35. The Morgan fingerprint density at radius 2 is 2.23 bits per heavy atom. The van der Waals surface area contributed by atoms with Crippen molar-refractivity contribution >= 4 is 27.2 Å². The van der Waals surface area contributed by atoms with Gasteiger partial charge in [-0.1, -0.05) is 6.07 Å². The van der Waals surface area contributed by atoms with Crippen molar-refractivity contribution < 1.29 is 17.9 Å². The summed E-state index contributed by atoms with van der Waals surface area (Å²) in [7, 11) is 0.